The predicted octanol–water partition coefficient (Wildman–Crippen LogP) is 2.33. The number of nitrogens with zero attached hydrogens (tertiary/aromatic N) is 4. The van der Waals surface area contributed by atoms with Gasteiger partial charge in [-0.3, -0.25) is 0 Å². The Morgan fingerprint density at radius 3 is 2.85 bits per heavy atom. The van der Waals surface area contributed by atoms with Gasteiger partial charge in [0.25, 0.3) is 0 Å². The Bertz CT molecular complexity index is 576. The molecule has 0 unspecified atom stereocenters. The maximum absolute atomic E-state index is 4.68. The fourth-order valence-electron chi connectivity index (χ4n) is 1.90. The zero-order valence-electron chi connectivity index (χ0n) is 12.3. The summed E-state index contributed by atoms with van der Waals surface area (Å²) in [5.41, 5.74) is 2.26. The third-order valence-electron chi connectivity index (χ3n) is 3.35. The smallest absolute Gasteiger partial charge is 0.114 e. The van der Waals surface area contributed by atoms with Crippen LogP contribution in [0.1, 0.15) is 50.0 Å². The molecular weight excluding hydrogens is 270 g/mol. The van der Waals surface area contributed by atoms with Gasteiger partial charge in [-0.2, -0.15) is 0 Å². The van der Waals surface area contributed by atoms with Crippen molar-refractivity contribution in [3.05, 3.63) is 28.0 Å². The van der Waals surface area contributed by atoms with Crippen LogP contribution in [0.2, 0.25) is 0 Å². The van der Waals surface area contributed by atoms with E-state index in [0.29, 0.717) is 12.6 Å². The molecule has 5 nitrogen and oxygen atoms in total. The molecule has 3 rings (SSSR count). The first-order valence-corrected chi connectivity index (χ1v) is 7.96. The molecule has 1 N–H and O–H groups in total. The molecule has 0 aromatic carbocycles. The third kappa shape index (κ3) is 3.43. The first kappa shape index (κ1) is 13.7. The van der Waals surface area contributed by atoms with Crippen molar-refractivity contribution in [2.75, 3.05) is 0 Å². The van der Waals surface area contributed by atoms with Crippen LogP contribution < -0.4 is 5.32 Å². The van der Waals surface area contributed by atoms with Crippen molar-refractivity contribution in [3.63, 3.8) is 0 Å². The summed E-state index contributed by atoms with van der Waals surface area (Å²) in [5.74, 6) is 0. The van der Waals surface area contributed by atoms with E-state index < -0.39 is 0 Å². The van der Waals surface area contributed by atoms with E-state index in [0.717, 1.165) is 22.9 Å². The van der Waals surface area contributed by atoms with Crippen LogP contribution in [0.25, 0.3) is 0 Å². The number of rotatable bonds is 5. The lowest BCUT2D eigenvalue weighted by molar-refractivity contribution is 0.566. The predicted molar refractivity (Wildman–Crippen MR) is 79.8 cm³/mol. The van der Waals surface area contributed by atoms with Crippen molar-refractivity contribution in [2.45, 2.75) is 58.2 Å². The molecule has 2 heterocycles. The van der Waals surface area contributed by atoms with Gasteiger partial charge in [-0.05, 0) is 12.8 Å². The van der Waals surface area contributed by atoms with Crippen molar-refractivity contribution in [3.8, 4) is 0 Å². The van der Waals surface area contributed by atoms with E-state index in [2.05, 4.69) is 46.8 Å². The maximum Gasteiger partial charge on any atom is 0.114 e. The first-order valence-electron chi connectivity index (χ1n) is 7.08. The van der Waals surface area contributed by atoms with E-state index in [1.54, 1.807) is 11.3 Å². The Hall–Kier alpha value is -1.27. The van der Waals surface area contributed by atoms with Crippen molar-refractivity contribution in [2.24, 2.45) is 0 Å². The average Bonchev–Trinajstić information content (AvgIpc) is 2.89. The van der Waals surface area contributed by atoms with Crippen LogP contribution in [-0.4, -0.2) is 26.0 Å². The number of hydrogen-bond acceptors (Lipinski definition) is 5. The van der Waals surface area contributed by atoms with Crippen LogP contribution in [-0.2, 0) is 18.5 Å². The van der Waals surface area contributed by atoms with Crippen molar-refractivity contribution in [1.29, 1.82) is 0 Å². The summed E-state index contributed by atoms with van der Waals surface area (Å²) in [4.78, 5) is 4.68. The van der Waals surface area contributed by atoms with Gasteiger partial charge in [-0.25, -0.2) is 9.67 Å². The molecular formula is C14H21N5S. The van der Waals surface area contributed by atoms with E-state index in [1.165, 1.54) is 12.8 Å². The minimum Gasteiger partial charge on any atom is -0.308 e. The van der Waals surface area contributed by atoms with Gasteiger partial charge in [0.2, 0.25) is 0 Å². The lowest BCUT2D eigenvalue weighted by atomic mass is 9.93. The van der Waals surface area contributed by atoms with Crippen molar-refractivity contribution >= 4 is 11.3 Å². The summed E-state index contributed by atoms with van der Waals surface area (Å²) in [6, 6.07) is 0.702. The molecule has 0 bridgehead atoms. The average molecular weight is 291 g/mol. The normalized spacial score (nSPS) is 15.8. The topological polar surface area (TPSA) is 55.6 Å². The second kappa shape index (κ2) is 5.26. The summed E-state index contributed by atoms with van der Waals surface area (Å²) in [5, 5.41) is 15.0. The van der Waals surface area contributed by atoms with Crippen LogP contribution in [0.4, 0.5) is 0 Å². The molecule has 0 radical (unpaired) electrons. The molecule has 0 amide bonds. The van der Waals surface area contributed by atoms with Crippen molar-refractivity contribution < 1.29 is 0 Å². The van der Waals surface area contributed by atoms with E-state index in [1.807, 2.05) is 10.9 Å². The van der Waals surface area contributed by atoms with Gasteiger partial charge < -0.3 is 5.32 Å². The molecule has 1 saturated carbocycles. The Labute approximate surface area is 123 Å². The zero-order valence-corrected chi connectivity index (χ0v) is 13.1. The minimum atomic E-state index is 0.108. The van der Waals surface area contributed by atoms with Crippen LogP contribution in [0.15, 0.2) is 11.6 Å². The SMILES string of the molecule is CC(C)(C)c1csc(Cn2cc(CNC3CC3)nn2)n1. The monoisotopic (exact) mass is 291 g/mol. The summed E-state index contributed by atoms with van der Waals surface area (Å²) >= 11 is 1.69. The lowest BCUT2D eigenvalue weighted by Crippen LogP contribution is -2.15. The molecule has 1 fully saturated rings. The minimum absolute atomic E-state index is 0.108. The van der Waals surface area contributed by atoms with E-state index in [4.69, 9.17) is 0 Å². The van der Waals surface area contributed by atoms with Gasteiger partial charge >= 0.3 is 0 Å². The van der Waals surface area contributed by atoms with Gasteiger partial charge in [0.15, 0.2) is 0 Å². The first-order chi connectivity index (χ1) is 9.50. The fourth-order valence-corrected chi connectivity index (χ4v) is 2.91. The molecule has 6 heteroatoms. The van der Waals surface area contributed by atoms with Crippen LogP contribution in [0.5, 0.6) is 0 Å². The molecule has 0 saturated heterocycles. The van der Waals surface area contributed by atoms with Gasteiger partial charge in [-0.15, -0.1) is 16.4 Å². The quantitative estimate of drug-likeness (QED) is 0.918. The Balaban J connectivity index is 1.60. The molecule has 20 heavy (non-hydrogen) atoms. The summed E-state index contributed by atoms with van der Waals surface area (Å²) in [6.07, 6.45) is 4.60. The Kier molecular flexibility index (Phi) is 3.60. The maximum atomic E-state index is 4.68. The Morgan fingerprint density at radius 1 is 1.40 bits per heavy atom. The van der Waals surface area contributed by atoms with E-state index >= 15 is 0 Å². The number of hydrogen-bond donors (Lipinski definition) is 1. The highest BCUT2D eigenvalue weighted by molar-refractivity contribution is 7.09. The van der Waals surface area contributed by atoms with Gasteiger partial charge in [0.1, 0.15) is 5.01 Å². The largest absolute Gasteiger partial charge is 0.308 e. The number of nitrogens with one attached hydrogen (secondary N) is 1. The van der Waals surface area contributed by atoms with Crippen LogP contribution in [0.3, 0.4) is 0 Å². The third-order valence-corrected chi connectivity index (χ3v) is 4.19. The summed E-state index contributed by atoms with van der Waals surface area (Å²) in [6.45, 7) is 8.07. The second-order valence-electron chi connectivity index (χ2n) is 6.44. The number of aromatic nitrogens is 4. The summed E-state index contributed by atoms with van der Waals surface area (Å²) in [7, 11) is 0. The highest BCUT2D eigenvalue weighted by Gasteiger charge is 2.20. The molecule has 1 aliphatic rings. The van der Waals surface area contributed by atoms with Gasteiger partial charge in [-0.1, -0.05) is 26.0 Å². The van der Waals surface area contributed by atoms with E-state index in [-0.39, 0.29) is 5.41 Å². The zero-order chi connectivity index (χ0) is 14.2. The number of thiazole rings is 1. The van der Waals surface area contributed by atoms with Crippen LogP contribution >= 0.6 is 11.3 Å². The van der Waals surface area contributed by atoms with Crippen molar-refractivity contribution in [1.82, 2.24) is 25.3 Å². The van der Waals surface area contributed by atoms with Crippen LogP contribution in [0, 0.1) is 0 Å². The van der Waals surface area contributed by atoms with Gasteiger partial charge in [0, 0.05) is 23.4 Å². The molecule has 2 aromatic rings. The van der Waals surface area contributed by atoms with E-state index in [9.17, 15) is 0 Å². The summed E-state index contributed by atoms with van der Waals surface area (Å²) < 4.78 is 1.87. The molecule has 108 valence electrons. The molecule has 0 aliphatic heterocycles. The molecule has 0 atom stereocenters. The molecule has 0 spiro atoms. The molecule has 2 aromatic heterocycles. The second-order valence-corrected chi connectivity index (χ2v) is 7.38. The standard InChI is InChI=1S/C14H21N5S/c1-14(2,3)12-9-20-13(16-12)8-19-7-11(17-18-19)6-15-10-4-5-10/h7,9-10,15H,4-6,8H2,1-3H3. The lowest BCUT2D eigenvalue weighted by Gasteiger charge is -2.14. The Morgan fingerprint density at radius 2 is 2.20 bits per heavy atom. The highest BCUT2D eigenvalue weighted by atomic mass is 32.1. The van der Waals surface area contributed by atoms with Gasteiger partial charge in [0.05, 0.1) is 24.1 Å². The highest BCUT2D eigenvalue weighted by Crippen LogP contribution is 2.24. The molecule has 1 aliphatic carbocycles. The fraction of sp³-hybridized carbons (Fsp3) is 0.643.